The van der Waals surface area contributed by atoms with E-state index in [2.05, 4.69) is 44.7 Å². The maximum atomic E-state index is 12.7. The third kappa shape index (κ3) is 3.38. The molecule has 1 aromatic carbocycles. The van der Waals surface area contributed by atoms with E-state index < -0.39 is 0 Å². The van der Waals surface area contributed by atoms with Gasteiger partial charge in [-0.15, -0.1) is 11.3 Å². The molecule has 1 N–H and O–H groups in total. The minimum Gasteiger partial charge on any atom is -0.378 e. The summed E-state index contributed by atoms with van der Waals surface area (Å²) in [6, 6.07) is 12.0. The maximum absolute atomic E-state index is 12.7. The molecule has 0 saturated carbocycles. The van der Waals surface area contributed by atoms with E-state index in [1.807, 2.05) is 44.9 Å². The number of benzene rings is 1. The van der Waals surface area contributed by atoms with Crippen LogP contribution < -0.4 is 10.2 Å². The van der Waals surface area contributed by atoms with Crippen molar-refractivity contribution >= 4 is 39.0 Å². The minimum absolute atomic E-state index is 0.134. The Balaban J connectivity index is 1.51. The van der Waals surface area contributed by atoms with Crippen LogP contribution in [-0.2, 0) is 13.6 Å². The highest BCUT2D eigenvalue weighted by atomic mass is 32.1. The highest BCUT2D eigenvalue weighted by molar-refractivity contribution is 7.20. The average molecular weight is 395 g/mol. The minimum atomic E-state index is -0.134. The summed E-state index contributed by atoms with van der Waals surface area (Å²) in [6.45, 7) is 2.54. The summed E-state index contributed by atoms with van der Waals surface area (Å²) < 4.78 is 3.61. The van der Waals surface area contributed by atoms with Gasteiger partial charge in [0.15, 0.2) is 0 Å². The molecule has 144 valence electrons. The van der Waals surface area contributed by atoms with Gasteiger partial charge in [0.2, 0.25) is 0 Å². The van der Waals surface area contributed by atoms with Crippen LogP contribution in [0, 0.1) is 6.92 Å². The molecule has 0 aliphatic carbocycles. The summed E-state index contributed by atoms with van der Waals surface area (Å²) in [6.07, 6.45) is 1.70. The van der Waals surface area contributed by atoms with Gasteiger partial charge in [0.25, 0.3) is 5.91 Å². The fraction of sp³-hybridized carbons (Fsp3) is 0.250. The third-order valence-corrected chi connectivity index (χ3v) is 5.86. The van der Waals surface area contributed by atoms with E-state index in [1.165, 1.54) is 11.3 Å². The van der Waals surface area contributed by atoms with Crippen LogP contribution in [0.4, 0.5) is 11.5 Å². The molecule has 0 spiro atoms. The molecule has 0 radical (unpaired) electrons. The number of hydrogen-bond acceptors (Lipinski definition) is 5. The van der Waals surface area contributed by atoms with Gasteiger partial charge in [0, 0.05) is 38.3 Å². The molecule has 0 aliphatic rings. The van der Waals surface area contributed by atoms with Crippen molar-refractivity contribution in [2.75, 3.05) is 24.3 Å². The van der Waals surface area contributed by atoms with Crippen LogP contribution in [0.15, 0.2) is 42.6 Å². The van der Waals surface area contributed by atoms with Crippen molar-refractivity contribution in [3.63, 3.8) is 0 Å². The number of nitrogens with zero attached hydrogens (tertiary/aromatic N) is 5. The zero-order valence-corrected chi connectivity index (χ0v) is 17.1. The van der Waals surface area contributed by atoms with Gasteiger partial charge in [0.1, 0.15) is 10.6 Å². The molecule has 0 aliphatic heterocycles. The molecule has 3 heterocycles. The molecular formula is C20H22N6OS. The quantitative estimate of drug-likeness (QED) is 0.562. The van der Waals surface area contributed by atoms with E-state index in [-0.39, 0.29) is 5.91 Å². The number of aryl methyl sites for hydroxylation is 2. The van der Waals surface area contributed by atoms with E-state index in [9.17, 15) is 4.79 Å². The molecule has 4 rings (SSSR count). The molecule has 7 nitrogen and oxygen atoms in total. The predicted molar refractivity (Wildman–Crippen MR) is 113 cm³/mol. The molecule has 28 heavy (non-hydrogen) atoms. The maximum Gasteiger partial charge on any atom is 0.266 e. The normalized spacial score (nSPS) is 11.1. The number of aromatic nitrogens is 4. The van der Waals surface area contributed by atoms with Crippen LogP contribution in [0.1, 0.15) is 20.9 Å². The number of amides is 1. The number of hydrogen-bond donors (Lipinski definition) is 1. The van der Waals surface area contributed by atoms with Gasteiger partial charge >= 0.3 is 0 Å². The van der Waals surface area contributed by atoms with E-state index in [1.54, 1.807) is 10.9 Å². The van der Waals surface area contributed by atoms with Crippen LogP contribution in [0.5, 0.6) is 0 Å². The fourth-order valence-corrected chi connectivity index (χ4v) is 4.15. The molecule has 1 amide bonds. The largest absolute Gasteiger partial charge is 0.378 e. The molecule has 3 aromatic heterocycles. The number of fused-ring (bicyclic) bond motifs is 1. The summed E-state index contributed by atoms with van der Waals surface area (Å²) in [5, 5.41) is 12.7. The lowest BCUT2D eigenvalue weighted by Crippen LogP contribution is -2.15. The van der Waals surface area contributed by atoms with E-state index in [4.69, 9.17) is 0 Å². The number of nitrogens with one attached hydrogen (secondary N) is 1. The monoisotopic (exact) mass is 394 g/mol. The zero-order chi connectivity index (χ0) is 19.8. The van der Waals surface area contributed by atoms with Crippen molar-refractivity contribution in [2.45, 2.75) is 13.5 Å². The van der Waals surface area contributed by atoms with Crippen LogP contribution in [-0.4, -0.2) is 39.6 Å². The fourth-order valence-electron chi connectivity index (χ4n) is 3.13. The molecule has 0 saturated heterocycles. The van der Waals surface area contributed by atoms with Gasteiger partial charge < -0.3 is 10.2 Å². The smallest absolute Gasteiger partial charge is 0.266 e. The van der Waals surface area contributed by atoms with Crippen molar-refractivity contribution in [1.29, 1.82) is 0 Å². The van der Waals surface area contributed by atoms with Gasteiger partial charge in [-0.25, -0.2) is 4.68 Å². The number of carbonyl (C=O) groups is 1. The highest BCUT2D eigenvalue weighted by Gasteiger charge is 2.16. The standard InChI is InChI=1S/C20H22N6OS/c1-13-16-11-17(28-20(16)25(4)23-13)19(27)22-18-9-10-21-26(18)12-14-5-7-15(8-6-14)24(2)3/h5-11H,12H2,1-4H3,(H,22,27). The van der Waals surface area contributed by atoms with Crippen molar-refractivity contribution in [1.82, 2.24) is 19.6 Å². The molecule has 8 heteroatoms. The van der Waals surface area contributed by atoms with Crippen molar-refractivity contribution in [3.05, 3.63) is 58.7 Å². The summed E-state index contributed by atoms with van der Waals surface area (Å²) in [4.78, 5) is 16.5. The second-order valence-corrected chi connectivity index (χ2v) is 7.96. The van der Waals surface area contributed by atoms with Gasteiger partial charge in [0.05, 0.1) is 23.3 Å². The van der Waals surface area contributed by atoms with E-state index in [0.29, 0.717) is 17.2 Å². The topological polar surface area (TPSA) is 68.0 Å². The molecular weight excluding hydrogens is 372 g/mol. The van der Waals surface area contributed by atoms with Crippen molar-refractivity contribution in [2.24, 2.45) is 7.05 Å². The molecule has 0 atom stereocenters. The summed E-state index contributed by atoms with van der Waals surface area (Å²) in [7, 11) is 5.92. The van der Waals surface area contributed by atoms with Gasteiger partial charge in [-0.05, 0) is 30.7 Å². The Hall–Kier alpha value is -3.13. The predicted octanol–water partition coefficient (Wildman–Crippen LogP) is 3.51. The van der Waals surface area contributed by atoms with Crippen LogP contribution in [0.25, 0.3) is 10.2 Å². The Labute approximate surface area is 167 Å². The first-order valence-corrected chi connectivity index (χ1v) is 9.76. The SMILES string of the molecule is Cc1nn(C)c2sc(C(=O)Nc3ccnn3Cc3ccc(N(C)C)cc3)cc12. The summed E-state index contributed by atoms with van der Waals surface area (Å²) in [5.41, 5.74) is 3.19. The first-order valence-electron chi connectivity index (χ1n) is 8.95. The Morgan fingerprint density at radius 3 is 2.64 bits per heavy atom. The van der Waals surface area contributed by atoms with Gasteiger partial charge in [-0.2, -0.15) is 10.2 Å². The molecule has 0 fully saturated rings. The van der Waals surface area contributed by atoms with Crippen molar-refractivity contribution in [3.8, 4) is 0 Å². The lowest BCUT2D eigenvalue weighted by atomic mass is 10.2. The summed E-state index contributed by atoms with van der Waals surface area (Å²) >= 11 is 1.44. The molecule has 0 bridgehead atoms. The van der Waals surface area contributed by atoms with E-state index in [0.717, 1.165) is 27.2 Å². The third-order valence-electron chi connectivity index (χ3n) is 4.66. The van der Waals surface area contributed by atoms with Crippen LogP contribution in [0.2, 0.25) is 0 Å². The number of carbonyl (C=O) groups excluding carboxylic acids is 1. The van der Waals surface area contributed by atoms with Gasteiger partial charge in [-0.3, -0.25) is 9.48 Å². The second-order valence-electron chi connectivity index (χ2n) is 6.93. The van der Waals surface area contributed by atoms with Crippen LogP contribution >= 0.6 is 11.3 Å². The van der Waals surface area contributed by atoms with Gasteiger partial charge in [-0.1, -0.05) is 12.1 Å². The molecule has 0 unspecified atom stereocenters. The average Bonchev–Trinajstić information content (AvgIpc) is 3.35. The Morgan fingerprint density at radius 1 is 1.21 bits per heavy atom. The summed E-state index contributed by atoms with van der Waals surface area (Å²) in [5.74, 6) is 0.541. The van der Waals surface area contributed by atoms with Crippen molar-refractivity contribution < 1.29 is 4.79 Å². The number of thiophene rings is 1. The molecule has 4 aromatic rings. The first-order chi connectivity index (χ1) is 13.4. The van der Waals surface area contributed by atoms with E-state index >= 15 is 0 Å². The lowest BCUT2D eigenvalue weighted by molar-refractivity contribution is 0.102. The number of rotatable bonds is 5. The Kier molecular flexibility index (Phi) is 4.64. The Bertz CT molecular complexity index is 1100. The second kappa shape index (κ2) is 7.12. The Morgan fingerprint density at radius 2 is 1.96 bits per heavy atom. The number of anilines is 2. The van der Waals surface area contributed by atoms with Crippen LogP contribution in [0.3, 0.4) is 0 Å². The first kappa shape index (κ1) is 18.2. The highest BCUT2D eigenvalue weighted by Crippen LogP contribution is 2.28. The zero-order valence-electron chi connectivity index (χ0n) is 16.3. The lowest BCUT2D eigenvalue weighted by Gasteiger charge is -2.13.